The van der Waals surface area contributed by atoms with Crippen molar-refractivity contribution >= 4 is 5.91 Å². The van der Waals surface area contributed by atoms with E-state index in [0.29, 0.717) is 5.56 Å². The Morgan fingerprint density at radius 2 is 2.25 bits per heavy atom. The summed E-state index contributed by atoms with van der Waals surface area (Å²) in [7, 11) is 0. The van der Waals surface area contributed by atoms with E-state index in [1.807, 2.05) is 6.92 Å². The molecule has 106 valence electrons. The number of hydrogen-bond acceptors (Lipinski definition) is 2. The molecule has 0 radical (unpaired) electrons. The molecule has 1 aliphatic carbocycles. The monoisotopic (exact) mass is 274 g/mol. The van der Waals surface area contributed by atoms with Crippen LogP contribution >= 0.6 is 0 Å². The quantitative estimate of drug-likeness (QED) is 0.830. The van der Waals surface area contributed by atoms with E-state index >= 15 is 0 Å². The Morgan fingerprint density at radius 1 is 1.50 bits per heavy atom. The molecule has 1 aromatic carbocycles. The van der Waals surface area contributed by atoms with E-state index in [1.165, 1.54) is 12.1 Å². The van der Waals surface area contributed by atoms with E-state index in [9.17, 15) is 9.18 Å². The van der Waals surface area contributed by atoms with Gasteiger partial charge in [-0.05, 0) is 43.9 Å². The standard InChI is InChI=1S/C16H19FN2O/c1-2-16(8-4-9-16)19-15(20)13-11-12(5-3-10-18)6-7-14(13)17/h6-7,11H,2,4,8-10,18H2,1H3,(H,19,20). The lowest BCUT2D eigenvalue weighted by atomic mass is 9.74. The van der Waals surface area contributed by atoms with Gasteiger partial charge in [-0.2, -0.15) is 0 Å². The first-order valence-electron chi connectivity index (χ1n) is 6.91. The predicted octanol–water partition coefficient (Wildman–Crippen LogP) is 2.20. The van der Waals surface area contributed by atoms with E-state index in [2.05, 4.69) is 17.2 Å². The van der Waals surface area contributed by atoms with Crippen LogP contribution in [0.3, 0.4) is 0 Å². The second-order valence-electron chi connectivity index (χ2n) is 5.14. The minimum Gasteiger partial charge on any atom is -0.347 e. The number of halogens is 1. The van der Waals surface area contributed by atoms with E-state index in [0.717, 1.165) is 25.7 Å². The summed E-state index contributed by atoms with van der Waals surface area (Å²) in [6.45, 7) is 2.27. The molecule has 1 amide bonds. The maximum atomic E-state index is 13.8. The molecule has 3 nitrogen and oxygen atoms in total. The highest BCUT2D eigenvalue weighted by Gasteiger charge is 2.36. The van der Waals surface area contributed by atoms with Crippen LogP contribution in [0.25, 0.3) is 0 Å². The zero-order valence-electron chi connectivity index (χ0n) is 11.6. The highest BCUT2D eigenvalue weighted by atomic mass is 19.1. The van der Waals surface area contributed by atoms with Crippen molar-refractivity contribution in [3.05, 3.63) is 35.1 Å². The first-order chi connectivity index (χ1) is 9.60. The Morgan fingerprint density at radius 3 is 2.80 bits per heavy atom. The molecule has 0 unspecified atom stereocenters. The maximum absolute atomic E-state index is 13.8. The van der Waals surface area contributed by atoms with Crippen molar-refractivity contribution in [2.24, 2.45) is 5.73 Å². The molecule has 0 bridgehead atoms. The van der Waals surface area contributed by atoms with Crippen molar-refractivity contribution in [3.8, 4) is 11.8 Å². The van der Waals surface area contributed by atoms with Gasteiger partial charge >= 0.3 is 0 Å². The number of hydrogen-bond donors (Lipinski definition) is 2. The van der Waals surface area contributed by atoms with Gasteiger partial charge < -0.3 is 11.1 Å². The van der Waals surface area contributed by atoms with Crippen molar-refractivity contribution in [1.29, 1.82) is 0 Å². The maximum Gasteiger partial charge on any atom is 0.254 e. The summed E-state index contributed by atoms with van der Waals surface area (Å²) in [5, 5.41) is 2.97. The van der Waals surface area contributed by atoms with Crippen LogP contribution < -0.4 is 11.1 Å². The van der Waals surface area contributed by atoms with Gasteiger partial charge in [0.05, 0.1) is 12.1 Å². The fourth-order valence-electron chi connectivity index (χ4n) is 2.41. The van der Waals surface area contributed by atoms with Gasteiger partial charge in [0.25, 0.3) is 5.91 Å². The lowest BCUT2D eigenvalue weighted by Crippen LogP contribution is -2.53. The normalized spacial score (nSPS) is 15.8. The minimum absolute atomic E-state index is 0.0496. The van der Waals surface area contributed by atoms with Crippen molar-refractivity contribution in [1.82, 2.24) is 5.32 Å². The number of nitrogens with one attached hydrogen (secondary N) is 1. The number of carbonyl (C=O) groups is 1. The van der Waals surface area contributed by atoms with Crippen molar-refractivity contribution in [2.75, 3.05) is 6.54 Å². The van der Waals surface area contributed by atoms with Crippen LogP contribution in [0.5, 0.6) is 0 Å². The molecular formula is C16H19FN2O. The van der Waals surface area contributed by atoms with E-state index in [1.54, 1.807) is 6.07 Å². The minimum atomic E-state index is -0.522. The lowest BCUT2D eigenvalue weighted by molar-refractivity contribution is 0.0816. The van der Waals surface area contributed by atoms with Crippen LogP contribution in [-0.4, -0.2) is 18.0 Å². The van der Waals surface area contributed by atoms with Crippen LogP contribution in [0.2, 0.25) is 0 Å². The fraction of sp³-hybridized carbons (Fsp3) is 0.438. The van der Waals surface area contributed by atoms with Gasteiger partial charge in [0.15, 0.2) is 0 Å². The summed E-state index contributed by atoms with van der Waals surface area (Å²) >= 11 is 0. The third-order valence-corrected chi connectivity index (χ3v) is 3.91. The van der Waals surface area contributed by atoms with Crippen molar-refractivity contribution in [2.45, 2.75) is 38.1 Å². The first-order valence-corrected chi connectivity index (χ1v) is 6.91. The molecule has 4 heteroatoms. The van der Waals surface area contributed by atoms with Gasteiger partial charge in [0, 0.05) is 11.1 Å². The van der Waals surface area contributed by atoms with Gasteiger partial charge in [-0.25, -0.2) is 4.39 Å². The predicted molar refractivity (Wildman–Crippen MR) is 76.7 cm³/mol. The molecule has 0 aliphatic heterocycles. The Hall–Kier alpha value is -1.86. The number of nitrogens with two attached hydrogens (primary N) is 1. The van der Waals surface area contributed by atoms with E-state index in [-0.39, 0.29) is 23.6 Å². The number of amides is 1. The van der Waals surface area contributed by atoms with Crippen LogP contribution in [0, 0.1) is 17.7 Å². The Balaban J connectivity index is 2.20. The van der Waals surface area contributed by atoms with Crippen molar-refractivity contribution < 1.29 is 9.18 Å². The summed E-state index contributed by atoms with van der Waals surface area (Å²) in [5.74, 6) is 4.62. The van der Waals surface area contributed by atoms with E-state index in [4.69, 9.17) is 5.73 Å². The SMILES string of the molecule is CCC1(NC(=O)c2cc(C#CCN)ccc2F)CCC1. The van der Waals surface area contributed by atoms with Gasteiger partial charge in [0.2, 0.25) is 0 Å². The van der Waals surface area contributed by atoms with Gasteiger partial charge in [-0.3, -0.25) is 4.79 Å². The smallest absolute Gasteiger partial charge is 0.254 e. The third kappa shape index (κ3) is 3.00. The zero-order valence-corrected chi connectivity index (χ0v) is 11.6. The second-order valence-corrected chi connectivity index (χ2v) is 5.14. The van der Waals surface area contributed by atoms with E-state index < -0.39 is 5.82 Å². The Bertz CT molecular complexity index is 562. The molecular weight excluding hydrogens is 255 g/mol. The van der Waals surface area contributed by atoms with Gasteiger partial charge in [-0.15, -0.1) is 0 Å². The lowest BCUT2D eigenvalue weighted by Gasteiger charge is -2.42. The molecule has 0 saturated heterocycles. The molecule has 1 aromatic rings. The molecule has 3 N–H and O–H groups in total. The van der Waals surface area contributed by atoms with Crippen LogP contribution in [0.15, 0.2) is 18.2 Å². The zero-order chi connectivity index (χ0) is 14.6. The molecule has 1 saturated carbocycles. The highest BCUT2D eigenvalue weighted by molar-refractivity contribution is 5.95. The molecule has 0 aromatic heterocycles. The summed E-state index contributed by atoms with van der Waals surface area (Å²) in [6, 6.07) is 4.30. The fourth-order valence-corrected chi connectivity index (χ4v) is 2.41. The molecule has 0 heterocycles. The second kappa shape index (κ2) is 6.06. The molecule has 1 fully saturated rings. The van der Waals surface area contributed by atoms with Gasteiger partial charge in [0.1, 0.15) is 5.82 Å². The molecule has 2 rings (SSSR count). The summed E-state index contributed by atoms with van der Waals surface area (Å²) in [4.78, 5) is 12.2. The molecule has 20 heavy (non-hydrogen) atoms. The average molecular weight is 274 g/mol. The topological polar surface area (TPSA) is 55.1 Å². The average Bonchev–Trinajstić information content (AvgIpc) is 2.41. The number of benzene rings is 1. The Kier molecular flexibility index (Phi) is 4.41. The molecule has 0 atom stereocenters. The molecule has 0 spiro atoms. The van der Waals surface area contributed by atoms with Crippen molar-refractivity contribution in [3.63, 3.8) is 0 Å². The largest absolute Gasteiger partial charge is 0.347 e. The summed E-state index contributed by atoms with van der Waals surface area (Å²) in [6.07, 6.45) is 3.90. The van der Waals surface area contributed by atoms with Crippen LogP contribution in [0.1, 0.15) is 48.5 Å². The first kappa shape index (κ1) is 14.5. The van der Waals surface area contributed by atoms with Gasteiger partial charge in [-0.1, -0.05) is 18.8 Å². The van der Waals surface area contributed by atoms with Crippen LogP contribution in [0.4, 0.5) is 4.39 Å². The molecule has 1 aliphatic rings. The van der Waals surface area contributed by atoms with Crippen LogP contribution in [-0.2, 0) is 0 Å². The Labute approximate surface area is 118 Å². The highest BCUT2D eigenvalue weighted by Crippen LogP contribution is 2.34. The third-order valence-electron chi connectivity index (χ3n) is 3.91. The number of carbonyl (C=O) groups excluding carboxylic acids is 1. The number of rotatable bonds is 3. The summed E-state index contributed by atoms with van der Waals surface area (Å²) in [5.41, 5.74) is 5.80. The summed E-state index contributed by atoms with van der Waals surface area (Å²) < 4.78 is 13.8.